The van der Waals surface area contributed by atoms with Gasteiger partial charge in [0.2, 0.25) is 5.91 Å². The van der Waals surface area contributed by atoms with Crippen LogP contribution in [0.4, 0.5) is 5.69 Å². The van der Waals surface area contributed by atoms with Crippen LogP contribution in [0, 0.1) is 5.92 Å². The van der Waals surface area contributed by atoms with Crippen LogP contribution in [0.2, 0.25) is 0 Å². The van der Waals surface area contributed by atoms with Gasteiger partial charge in [-0.05, 0) is 48.7 Å². The summed E-state index contributed by atoms with van der Waals surface area (Å²) < 4.78 is 62.4. The Balaban J connectivity index is 1.68. The third kappa shape index (κ3) is 6.66. The molecule has 0 fully saturated rings. The van der Waals surface area contributed by atoms with Crippen LogP contribution in [0.1, 0.15) is 19.4 Å². The van der Waals surface area contributed by atoms with Crippen molar-refractivity contribution >= 4 is 43.0 Å². The molecule has 3 aromatic rings. The average molecular weight is 608 g/mol. The molecule has 2 heterocycles. The number of likely N-dealkylation sites (N-methyl/N-ethyl adjacent to an activating group) is 1. The minimum atomic E-state index is -3.87. The summed E-state index contributed by atoms with van der Waals surface area (Å²) in [5.74, 6) is -0.212. The molecule has 1 aromatic heterocycles. The molecule has 4 rings (SSSR count). The van der Waals surface area contributed by atoms with Gasteiger partial charge in [-0.15, -0.1) is 11.3 Å². The molecule has 0 spiro atoms. The zero-order chi connectivity index (χ0) is 29.1. The Morgan fingerprint density at radius 3 is 2.50 bits per heavy atom. The molecule has 1 amide bonds. The lowest BCUT2D eigenvalue weighted by Gasteiger charge is -2.33. The largest absolute Gasteiger partial charge is 0.488 e. The molecule has 40 heavy (non-hydrogen) atoms. The Morgan fingerprint density at radius 2 is 1.85 bits per heavy atom. The number of fused-ring (bicyclic) bond motifs is 1. The fourth-order valence-electron chi connectivity index (χ4n) is 4.44. The lowest BCUT2D eigenvalue weighted by molar-refractivity contribution is -0.134. The van der Waals surface area contributed by atoms with Crippen molar-refractivity contribution in [3.63, 3.8) is 0 Å². The van der Waals surface area contributed by atoms with Crippen molar-refractivity contribution in [2.45, 2.75) is 41.5 Å². The van der Waals surface area contributed by atoms with Crippen molar-refractivity contribution in [1.82, 2.24) is 9.21 Å². The number of thiophene rings is 1. The number of hydrogen-bond acceptors (Lipinski definition) is 8. The molecule has 0 aliphatic carbocycles. The van der Waals surface area contributed by atoms with Crippen molar-refractivity contribution in [1.29, 1.82) is 0 Å². The van der Waals surface area contributed by atoms with E-state index in [4.69, 9.17) is 4.74 Å². The Labute approximate surface area is 239 Å². The number of aliphatic hydroxyl groups excluding tert-OH is 1. The number of nitrogens with one attached hydrogen (secondary N) is 1. The smallest absolute Gasteiger partial charge is 0.261 e. The molecule has 2 aromatic carbocycles. The number of ether oxygens (including phenoxy) is 1. The normalized spacial score (nSPS) is 19.2. The highest BCUT2D eigenvalue weighted by Gasteiger charge is 2.33. The van der Waals surface area contributed by atoms with Crippen LogP contribution in [0.25, 0.3) is 0 Å². The molecule has 0 radical (unpaired) electrons. The molecular weight excluding hydrogens is 575 g/mol. The van der Waals surface area contributed by atoms with Gasteiger partial charge in [0.25, 0.3) is 20.0 Å². The molecule has 2 N–H and O–H groups in total. The van der Waals surface area contributed by atoms with Gasteiger partial charge in [0, 0.05) is 30.8 Å². The van der Waals surface area contributed by atoms with Crippen LogP contribution >= 0.6 is 11.3 Å². The summed E-state index contributed by atoms with van der Waals surface area (Å²) in [6.07, 6.45) is -0.742. The lowest BCUT2D eigenvalue weighted by Crippen LogP contribution is -2.48. The minimum absolute atomic E-state index is 0.0127. The van der Waals surface area contributed by atoms with E-state index >= 15 is 0 Å². The topological polar surface area (TPSA) is 133 Å². The number of nitrogens with zero attached hydrogens (tertiary/aromatic N) is 2. The second kappa shape index (κ2) is 12.3. The summed E-state index contributed by atoms with van der Waals surface area (Å²) in [6, 6.07) is 15.3. The van der Waals surface area contributed by atoms with Gasteiger partial charge in [-0.2, -0.15) is 4.31 Å². The maximum atomic E-state index is 13.4. The molecule has 1 aliphatic rings. The third-order valence-corrected chi connectivity index (χ3v) is 11.4. The zero-order valence-electron chi connectivity index (χ0n) is 22.4. The van der Waals surface area contributed by atoms with E-state index < -0.39 is 32.2 Å². The van der Waals surface area contributed by atoms with E-state index in [1.807, 2.05) is 6.92 Å². The number of rotatable bonds is 9. The van der Waals surface area contributed by atoms with E-state index in [0.29, 0.717) is 11.3 Å². The quantitative estimate of drug-likeness (QED) is 0.382. The number of amides is 1. The molecule has 13 heteroatoms. The zero-order valence-corrected chi connectivity index (χ0v) is 24.9. The second-order valence-electron chi connectivity index (χ2n) is 9.85. The first-order valence-corrected chi connectivity index (χ1v) is 16.5. The number of carbonyl (C=O) groups excluding carboxylic acids is 1. The van der Waals surface area contributed by atoms with Crippen molar-refractivity contribution in [3.8, 4) is 5.75 Å². The molecule has 0 bridgehead atoms. The number of benzene rings is 2. The Bertz CT molecular complexity index is 1530. The van der Waals surface area contributed by atoms with E-state index in [0.717, 1.165) is 11.3 Å². The highest BCUT2D eigenvalue weighted by atomic mass is 32.2. The van der Waals surface area contributed by atoms with E-state index in [1.54, 1.807) is 65.7 Å². The first-order chi connectivity index (χ1) is 18.9. The van der Waals surface area contributed by atoms with Crippen LogP contribution in [-0.2, 0) is 31.3 Å². The molecule has 1 aliphatic heterocycles. The summed E-state index contributed by atoms with van der Waals surface area (Å²) in [7, 11) is -6.13. The summed E-state index contributed by atoms with van der Waals surface area (Å²) >= 11 is 1.13. The second-order valence-corrected chi connectivity index (χ2v) is 14.7. The highest BCUT2D eigenvalue weighted by Crippen LogP contribution is 2.31. The average Bonchev–Trinajstić information content (AvgIpc) is 3.49. The Hall–Kier alpha value is -2.97. The van der Waals surface area contributed by atoms with E-state index in [2.05, 4.69) is 4.72 Å². The maximum absolute atomic E-state index is 13.4. The van der Waals surface area contributed by atoms with Gasteiger partial charge in [0.05, 0.1) is 30.5 Å². The fourth-order valence-corrected chi connectivity index (χ4v) is 7.89. The van der Waals surface area contributed by atoms with Crippen LogP contribution in [0.3, 0.4) is 0 Å². The predicted octanol–water partition coefficient (Wildman–Crippen LogP) is 3.02. The van der Waals surface area contributed by atoms with E-state index in [9.17, 15) is 26.7 Å². The van der Waals surface area contributed by atoms with Crippen LogP contribution in [0.15, 0.2) is 75.1 Å². The number of hydrogen-bond donors (Lipinski definition) is 2. The summed E-state index contributed by atoms with van der Waals surface area (Å²) in [4.78, 5) is 15.1. The number of anilines is 1. The summed E-state index contributed by atoms with van der Waals surface area (Å²) in [6.45, 7) is 3.60. The molecule has 0 saturated carbocycles. The standard InChI is InChI=1S/C27H33N3O7S3/c1-19-16-30(20(2)18-31)26(32)15-21-14-22(28-39(33,34)23-8-5-4-6-9-23)11-12-24(21)37-25(19)17-29(3)40(35,36)27-10-7-13-38-27/h4-14,19-20,25,28,31H,15-18H2,1-3H3/t19-,20-,25+/m1/s1. The minimum Gasteiger partial charge on any atom is -0.488 e. The molecule has 216 valence electrons. The van der Waals surface area contributed by atoms with Gasteiger partial charge in [-0.25, -0.2) is 16.8 Å². The first-order valence-electron chi connectivity index (χ1n) is 12.7. The van der Waals surface area contributed by atoms with Gasteiger partial charge in [0.15, 0.2) is 0 Å². The van der Waals surface area contributed by atoms with Crippen molar-refractivity contribution in [2.75, 3.05) is 31.5 Å². The Morgan fingerprint density at radius 1 is 1.12 bits per heavy atom. The van der Waals surface area contributed by atoms with E-state index in [1.165, 1.54) is 23.5 Å². The molecule has 10 nitrogen and oxygen atoms in total. The monoisotopic (exact) mass is 607 g/mol. The predicted molar refractivity (Wildman–Crippen MR) is 153 cm³/mol. The van der Waals surface area contributed by atoms with Gasteiger partial charge in [-0.1, -0.05) is 31.2 Å². The number of aliphatic hydroxyl groups is 1. The van der Waals surface area contributed by atoms with Crippen molar-refractivity contribution in [2.24, 2.45) is 5.92 Å². The lowest BCUT2D eigenvalue weighted by atomic mass is 10.0. The summed E-state index contributed by atoms with van der Waals surface area (Å²) in [5, 5.41) is 11.5. The maximum Gasteiger partial charge on any atom is 0.261 e. The Kier molecular flexibility index (Phi) is 9.20. The van der Waals surface area contributed by atoms with Gasteiger partial charge in [-0.3, -0.25) is 9.52 Å². The molecular formula is C27H33N3O7S3. The number of carbonyl (C=O) groups is 1. The van der Waals surface area contributed by atoms with Crippen molar-refractivity contribution < 1.29 is 31.5 Å². The fraction of sp³-hybridized carbons (Fsp3) is 0.370. The number of sulfonamides is 2. The van der Waals surface area contributed by atoms with Gasteiger partial charge in [0.1, 0.15) is 16.1 Å². The third-order valence-electron chi connectivity index (χ3n) is 6.82. The van der Waals surface area contributed by atoms with Crippen LogP contribution in [-0.4, -0.2) is 75.9 Å². The molecule has 0 unspecified atom stereocenters. The van der Waals surface area contributed by atoms with Crippen LogP contribution < -0.4 is 9.46 Å². The van der Waals surface area contributed by atoms with Crippen LogP contribution in [0.5, 0.6) is 5.75 Å². The van der Waals surface area contributed by atoms with E-state index in [-0.39, 0.29) is 52.7 Å². The highest BCUT2D eigenvalue weighted by molar-refractivity contribution is 7.92. The van der Waals surface area contributed by atoms with Gasteiger partial charge < -0.3 is 14.7 Å². The first kappa shape index (κ1) is 30.0. The molecule has 0 saturated heterocycles. The SMILES string of the molecule is C[C@@H]1CN([C@H](C)CO)C(=O)Cc2cc(NS(=O)(=O)c3ccccc3)ccc2O[C@H]1CN(C)S(=O)(=O)c1cccs1. The van der Waals surface area contributed by atoms with Crippen molar-refractivity contribution in [3.05, 3.63) is 71.6 Å². The van der Waals surface area contributed by atoms with Gasteiger partial charge >= 0.3 is 0 Å². The summed E-state index contributed by atoms with van der Waals surface area (Å²) in [5.41, 5.74) is 0.693. The molecule has 3 atom stereocenters.